The zero-order chi connectivity index (χ0) is 17.5. The van der Waals surface area contributed by atoms with E-state index in [4.69, 9.17) is 0 Å². The summed E-state index contributed by atoms with van der Waals surface area (Å²) >= 11 is 0. The van der Waals surface area contributed by atoms with Gasteiger partial charge in [0, 0.05) is 0 Å². The Bertz CT molecular complexity index is 732. The standard InChI is InChI=1S/C24H28/c1-6-18(4)22(8-3)24-17-21(14-15-23(24)19(5)7-2)16-20-12-10-9-11-13-20/h6,8-15,17,19H,1,3,7,16H2,2,4-5H3/b22-18+. The van der Waals surface area contributed by atoms with Crippen LogP contribution >= 0.6 is 0 Å². The molecule has 0 fully saturated rings. The maximum Gasteiger partial charge on any atom is -0.00256 e. The van der Waals surface area contributed by atoms with Gasteiger partial charge in [-0.1, -0.05) is 87.7 Å². The van der Waals surface area contributed by atoms with Gasteiger partial charge in [0.05, 0.1) is 0 Å². The van der Waals surface area contributed by atoms with E-state index in [1.165, 1.54) is 33.4 Å². The van der Waals surface area contributed by atoms with Gasteiger partial charge in [-0.3, -0.25) is 0 Å². The molecule has 0 saturated heterocycles. The molecule has 2 aromatic rings. The van der Waals surface area contributed by atoms with Crippen molar-refractivity contribution in [3.05, 3.63) is 102 Å². The molecule has 2 rings (SSSR count). The summed E-state index contributed by atoms with van der Waals surface area (Å²) < 4.78 is 0. The first-order chi connectivity index (χ1) is 11.6. The molecule has 0 amide bonds. The number of allylic oxidation sites excluding steroid dienone is 4. The lowest BCUT2D eigenvalue weighted by Gasteiger charge is -2.19. The molecule has 0 bridgehead atoms. The first kappa shape index (κ1) is 18.0. The Morgan fingerprint density at radius 3 is 2.29 bits per heavy atom. The molecule has 24 heavy (non-hydrogen) atoms. The van der Waals surface area contributed by atoms with Gasteiger partial charge in [0.15, 0.2) is 0 Å². The van der Waals surface area contributed by atoms with E-state index in [2.05, 4.69) is 82.5 Å². The fraction of sp³-hybridized carbons (Fsp3) is 0.250. The maximum atomic E-state index is 4.04. The highest BCUT2D eigenvalue weighted by Crippen LogP contribution is 2.32. The van der Waals surface area contributed by atoms with Crippen molar-refractivity contribution in [3.8, 4) is 0 Å². The predicted octanol–water partition coefficient (Wildman–Crippen LogP) is 6.94. The predicted molar refractivity (Wildman–Crippen MR) is 107 cm³/mol. The van der Waals surface area contributed by atoms with Crippen LogP contribution in [0.4, 0.5) is 0 Å². The van der Waals surface area contributed by atoms with Gasteiger partial charge in [-0.15, -0.1) is 0 Å². The van der Waals surface area contributed by atoms with Gasteiger partial charge in [-0.05, 0) is 59.1 Å². The van der Waals surface area contributed by atoms with Gasteiger partial charge >= 0.3 is 0 Å². The Kier molecular flexibility index (Phi) is 6.37. The van der Waals surface area contributed by atoms with E-state index in [-0.39, 0.29) is 0 Å². The highest BCUT2D eigenvalue weighted by atomic mass is 14.2. The summed E-state index contributed by atoms with van der Waals surface area (Å²) in [4.78, 5) is 0. The van der Waals surface area contributed by atoms with Crippen LogP contribution in [0.15, 0.2) is 79.4 Å². The first-order valence-electron chi connectivity index (χ1n) is 8.73. The van der Waals surface area contributed by atoms with E-state index in [9.17, 15) is 0 Å². The Labute approximate surface area is 147 Å². The van der Waals surface area contributed by atoms with Crippen LogP contribution in [0.3, 0.4) is 0 Å². The summed E-state index contributed by atoms with van der Waals surface area (Å²) in [7, 11) is 0. The highest BCUT2D eigenvalue weighted by Gasteiger charge is 2.13. The van der Waals surface area contributed by atoms with Crippen molar-refractivity contribution in [2.24, 2.45) is 0 Å². The van der Waals surface area contributed by atoms with Crippen molar-refractivity contribution in [2.45, 2.75) is 39.5 Å². The van der Waals surface area contributed by atoms with Crippen LogP contribution < -0.4 is 0 Å². The monoisotopic (exact) mass is 316 g/mol. The SMILES string of the molecule is C=C/C(C)=C(\C=C)c1cc(Cc2ccccc2)ccc1C(C)CC. The highest BCUT2D eigenvalue weighted by molar-refractivity contribution is 5.80. The van der Waals surface area contributed by atoms with E-state index >= 15 is 0 Å². The van der Waals surface area contributed by atoms with Crippen molar-refractivity contribution in [1.29, 1.82) is 0 Å². The summed E-state index contributed by atoms with van der Waals surface area (Å²) in [6.45, 7) is 14.6. The van der Waals surface area contributed by atoms with Crippen LogP contribution in [-0.2, 0) is 6.42 Å². The van der Waals surface area contributed by atoms with Crippen molar-refractivity contribution < 1.29 is 0 Å². The van der Waals surface area contributed by atoms with Crippen molar-refractivity contribution in [2.75, 3.05) is 0 Å². The van der Waals surface area contributed by atoms with E-state index in [1.807, 2.05) is 12.2 Å². The number of benzene rings is 2. The minimum atomic E-state index is 0.526. The molecule has 0 aliphatic rings. The molecule has 0 radical (unpaired) electrons. The van der Waals surface area contributed by atoms with Crippen LogP contribution in [-0.4, -0.2) is 0 Å². The van der Waals surface area contributed by atoms with Gasteiger partial charge in [0.25, 0.3) is 0 Å². The lowest BCUT2D eigenvalue weighted by molar-refractivity contribution is 0.731. The lowest BCUT2D eigenvalue weighted by Crippen LogP contribution is -2.01. The molecule has 0 N–H and O–H groups in total. The van der Waals surface area contributed by atoms with Crippen molar-refractivity contribution in [1.82, 2.24) is 0 Å². The summed E-state index contributed by atoms with van der Waals surface area (Å²) in [6.07, 6.45) is 5.96. The number of hydrogen-bond acceptors (Lipinski definition) is 0. The summed E-state index contributed by atoms with van der Waals surface area (Å²) in [5, 5.41) is 0. The smallest absolute Gasteiger partial charge is 0.00256 e. The van der Waals surface area contributed by atoms with E-state index in [1.54, 1.807) is 0 Å². The lowest BCUT2D eigenvalue weighted by atomic mass is 9.86. The van der Waals surface area contributed by atoms with Crippen LogP contribution in [0.1, 0.15) is 55.4 Å². The zero-order valence-electron chi connectivity index (χ0n) is 15.2. The van der Waals surface area contributed by atoms with Gasteiger partial charge in [-0.25, -0.2) is 0 Å². The second-order valence-electron chi connectivity index (χ2n) is 6.40. The maximum absolute atomic E-state index is 4.04. The van der Waals surface area contributed by atoms with Crippen LogP contribution in [0.25, 0.3) is 5.57 Å². The Balaban J connectivity index is 2.53. The zero-order valence-corrected chi connectivity index (χ0v) is 15.2. The Morgan fingerprint density at radius 2 is 1.71 bits per heavy atom. The summed E-state index contributed by atoms with van der Waals surface area (Å²) in [6, 6.07) is 17.5. The van der Waals surface area contributed by atoms with E-state index < -0.39 is 0 Å². The van der Waals surface area contributed by atoms with Crippen LogP contribution in [0, 0.1) is 0 Å². The molecule has 0 aromatic heterocycles. The fourth-order valence-electron chi connectivity index (χ4n) is 3.02. The number of rotatable bonds is 7. The fourth-order valence-corrected chi connectivity index (χ4v) is 3.02. The summed E-state index contributed by atoms with van der Waals surface area (Å²) in [5.74, 6) is 0.526. The van der Waals surface area contributed by atoms with Crippen LogP contribution in [0.5, 0.6) is 0 Å². The molecule has 0 spiro atoms. The molecule has 0 aliphatic carbocycles. The average Bonchev–Trinajstić information content (AvgIpc) is 2.62. The Hall–Kier alpha value is -2.34. The van der Waals surface area contributed by atoms with E-state index in [0.717, 1.165) is 12.8 Å². The third-order valence-electron chi connectivity index (χ3n) is 4.74. The minimum Gasteiger partial charge on any atom is -0.0988 e. The van der Waals surface area contributed by atoms with Gasteiger partial charge in [0.1, 0.15) is 0 Å². The van der Waals surface area contributed by atoms with Crippen molar-refractivity contribution >= 4 is 5.57 Å². The van der Waals surface area contributed by atoms with Gasteiger partial charge in [0.2, 0.25) is 0 Å². The second-order valence-corrected chi connectivity index (χ2v) is 6.40. The number of hydrogen-bond donors (Lipinski definition) is 0. The molecule has 0 heteroatoms. The molecule has 1 unspecified atom stereocenters. The molecular formula is C24H28. The Morgan fingerprint density at radius 1 is 1.00 bits per heavy atom. The quantitative estimate of drug-likeness (QED) is 0.485. The third-order valence-corrected chi connectivity index (χ3v) is 4.74. The largest absolute Gasteiger partial charge is 0.0988 e. The molecular weight excluding hydrogens is 288 g/mol. The molecule has 0 nitrogen and oxygen atoms in total. The molecule has 0 heterocycles. The topological polar surface area (TPSA) is 0 Å². The minimum absolute atomic E-state index is 0.526. The summed E-state index contributed by atoms with van der Waals surface area (Å²) in [5.41, 5.74) is 7.72. The third kappa shape index (κ3) is 4.14. The van der Waals surface area contributed by atoms with E-state index in [0.29, 0.717) is 5.92 Å². The van der Waals surface area contributed by atoms with Crippen LogP contribution in [0.2, 0.25) is 0 Å². The van der Waals surface area contributed by atoms with Gasteiger partial charge in [-0.2, -0.15) is 0 Å². The molecule has 2 aromatic carbocycles. The van der Waals surface area contributed by atoms with Gasteiger partial charge < -0.3 is 0 Å². The molecule has 124 valence electrons. The average molecular weight is 316 g/mol. The second kappa shape index (κ2) is 8.49. The first-order valence-corrected chi connectivity index (χ1v) is 8.73. The molecule has 1 atom stereocenters. The van der Waals surface area contributed by atoms with Crippen molar-refractivity contribution in [3.63, 3.8) is 0 Å². The molecule has 0 saturated carbocycles. The normalized spacial score (nSPS) is 13.1. The molecule has 0 aliphatic heterocycles.